The lowest BCUT2D eigenvalue weighted by Gasteiger charge is -2.39. The van der Waals surface area contributed by atoms with Gasteiger partial charge in [0.2, 0.25) is 0 Å². The summed E-state index contributed by atoms with van der Waals surface area (Å²) in [4.78, 5) is 14.1. The summed E-state index contributed by atoms with van der Waals surface area (Å²) >= 11 is 0. The van der Waals surface area contributed by atoms with Crippen LogP contribution < -0.4 is 4.90 Å². The average molecular weight is 346 g/mol. The maximum atomic E-state index is 4.79. The molecule has 0 N–H and O–H groups in total. The molecule has 1 atom stereocenters. The van der Waals surface area contributed by atoms with E-state index in [0.29, 0.717) is 6.04 Å². The fourth-order valence-electron chi connectivity index (χ4n) is 3.84. The molecule has 4 heteroatoms. The Morgan fingerprint density at radius 1 is 1.04 bits per heavy atom. The Kier molecular flexibility index (Phi) is 4.85. The Balaban J connectivity index is 1.54. The van der Waals surface area contributed by atoms with Crippen LogP contribution in [0.5, 0.6) is 0 Å². The molecule has 1 saturated heterocycles. The zero-order valence-electron chi connectivity index (χ0n) is 15.6. The predicted octanol–water partition coefficient (Wildman–Crippen LogP) is 4.08. The van der Waals surface area contributed by atoms with Crippen LogP contribution in [-0.2, 0) is 6.42 Å². The highest BCUT2D eigenvalue weighted by molar-refractivity contribution is 5.92. The van der Waals surface area contributed by atoms with Crippen molar-refractivity contribution in [2.75, 3.05) is 31.1 Å². The Hall–Kier alpha value is -2.46. The highest BCUT2D eigenvalue weighted by atomic mass is 15.3. The minimum atomic E-state index is 0.409. The SMILES string of the molecule is CCc1cc(N2CCN(C(C)c3cccnc3)CC2)c2ccccc2n1. The number of aromatic nitrogens is 2. The summed E-state index contributed by atoms with van der Waals surface area (Å²) in [7, 11) is 0. The number of hydrogen-bond donors (Lipinski definition) is 0. The van der Waals surface area contributed by atoms with Crippen molar-refractivity contribution in [2.24, 2.45) is 0 Å². The predicted molar refractivity (Wildman–Crippen MR) is 108 cm³/mol. The minimum Gasteiger partial charge on any atom is -0.368 e. The maximum Gasteiger partial charge on any atom is 0.0726 e. The second-order valence-electron chi connectivity index (χ2n) is 6.99. The van der Waals surface area contributed by atoms with E-state index in [2.05, 4.69) is 65.0 Å². The van der Waals surface area contributed by atoms with E-state index in [1.807, 2.05) is 18.5 Å². The van der Waals surface area contributed by atoms with Gasteiger partial charge in [-0.25, -0.2) is 0 Å². The van der Waals surface area contributed by atoms with Crippen LogP contribution in [0, 0.1) is 0 Å². The van der Waals surface area contributed by atoms with Crippen molar-refractivity contribution in [1.29, 1.82) is 0 Å². The molecule has 134 valence electrons. The Labute approximate surface area is 155 Å². The quantitative estimate of drug-likeness (QED) is 0.713. The molecule has 0 amide bonds. The number of para-hydroxylation sites is 1. The first-order chi connectivity index (χ1) is 12.8. The fourth-order valence-corrected chi connectivity index (χ4v) is 3.84. The zero-order chi connectivity index (χ0) is 17.9. The number of benzene rings is 1. The molecule has 4 rings (SSSR count). The summed E-state index contributed by atoms with van der Waals surface area (Å²) in [6, 6.07) is 15.4. The van der Waals surface area contributed by atoms with Crippen molar-refractivity contribution in [3.05, 3.63) is 66.1 Å². The van der Waals surface area contributed by atoms with E-state index in [0.717, 1.165) is 38.1 Å². The highest BCUT2D eigenvalue weighted by Crippen LogP contribution is 2.29. The average Bonchev–Trinajstić information content (AvgIpc) is 2.73. The highest BCUT2D eigenvalue weighted by Gasteiger charge is 2.23. The maximum absolute atomic E-state index is 4.79. The van der Waals surface area contributed by atoms with Gasteiger partial charge in [-0.15, -0.1) is 0 Å². The number of nitrogens with zero attached hydrogens (tertiary/aromatic N) is 4. The van der Waals surface area contributed by atoms with Crippen LogP contribution in [0.4, 0.5) is 5.69 Å². The molecule has 4 nitrogen and oxygen atoms in total. The molecule has 0 saturated carbocycles. The number of aryl methyl sites for hydroxylation is 1. The molecule has 0 radical (unpaired) electrons. The first-order valence-electron chi connectivity index (χ1n) is 9.54. The third kappa shape index (κ3) is 3.29. The monoisotopic (exact) mass is 346 g/mol. The smallest absolute Gasteiger partial charge is 0.0726 e. The number of rotatable bonds is 4. The number of pyridine rings is 2. The lowest BCUT2D eigenvalue weighted by Crippen LogP contribution is -2.47. The van der Waals surface area contributed by atoms with Crippen LogP contribution in [-0.4, -0.2) is 41.0 Å². The van der Waals surface area contributed by atoms with Gasteiger partial charge in [-0.3, -0.25) is 14.9 Å². The largest absolute Gasteiger partial charge is 0.368 e. The Bertz CT molecular complexity index is 870. The first kappa shape index (κ1) is 17.0. The van der Waals surface area contributed by atoms with Crippen LogP contribution in [0.1, 0.15) is 31.1 Å². The fraction of sp³-hybridized carbons (Fsp3) is 0.364. The van der Waals surface area contributed by atoms with E-state index in [1.54, 1.807) is 0 Å². The molecular formula is C22H26N4. The lowest BCUT2D eigenvalue weighted by atomic mass is 10.1. The summed E-state index contributed by atoms with van der Waals surface area (Å²) in [5.41, 5.74) is 4.91. The summed E-state index contributed by atoms with van der Waals surface area (Å²) in [5.74, 6) is 0. The molecule has 1 aliphatic rings. The van der Waals surface area contributed by atoms with Crippen molar-refractivity contribution in [3.63, 3.8) is 0 Å². The molecule has 1 unspecified atom stereocenters. The summed E-state index contributed by atoms with van der Waals surface area (Å²) in [6.45, 7) is 8.67. The van der Waals surface area contributed by atoms with Crippen LogP contribution in [0.2, 0.25) is 0 Å². The van der Waals surface area contributed by atoms with Crippen molar-refractivity contribution in [1.82, 2.24) is 14.9 Å². The normalized spacial score (nSPS) is 16.8. The first-order valence-corrected chi connectivity index (χ1v) is 9.54. The number of anilines is 1. The van der Waals surface area contributed by atoms with Gasteiger partial charge in [0.25, 0.3) is 0 Å². The van der Waals surface area contributed by atoms with E-state index in [-0.39, 0.29) is 0 Å². The topological polar surface area (TPSA) is 32.3 Å². The van der Waals surface area contributed by atoms with E-state index in [1.165, 1.54) is 22.3 Å². The summed E-state index contributed by atoms with van der Waals surface area (Å²) in [5, 5.41) is 1.26. The van der Waals surface area contributed by atoms with Gasteiger partial charge in [0, 0.05) is 61.4 Å². The van der Waals surface area contributed by atoms with E-state index in [4.69, 9.17) is 4.98 Å². The molecule has 3 aromatic rings. The van der Waals surface area contributed by atoms with Crippen LogP contribution in [0.25, 0.3) is 10.9 Å². The van der Waals surface area contributed by atoms with Crippen LogP contribution in [0.15, 0.2) is 54.9 Å². The minimum absolute atomic E-state index is 0.409. The molecule has 1 aliphatic heterocycles. The van der Waals surface area contributed by atoms with Gasteiger partial charge in [0.1, 0.15) is 0 Å². The molecule has 1 aromatic carbocycles. The van der Waals surface area contributed by atoms with Crippen LogP contribution >= 0.6 is 0 Å². The molecule has 0 aliphatic carbocycles. The zero-order valence-corrected chi connectivity index (χ0v) is 15.6. The number of hydrogen-bond acceptors (Lipinski definition) is 4. The molecule has 0 spiro atoms. The Morgan fingerprint density at radius 2 is 1.85 bits per heavy atom. The van der Waals surface area contributed by atoms with E-state index in [9.17, 15) is 0 Å². The third-order valence-electron chi connectivity index (χ3n) is 5.48. The molecule has 2 aromatic heterocycles. The lowest BCUT2D eigenvalue weighted by molar-refractivity contribution is 0.198. The number of fused-ring (bicyclic) bond motifs is 1. The Morgan fingerprint density at radius 3 is 2.58 bits per heavy atom. The number of piperazine rings is 1. The van der Waals surface area contributed by atoms with E-state index < -0.39 is 0 Å². The molecule has 1 fully saturated rings. The molecule has 26 heavy (non-hydrogen) atoms. The van der Waals surface area contributed by atoms with Crippen molar-refractivity contribution >= 4 is 16.6 Å². The third-order valence-corrected chi connectivity index (χ3v) is 5.48. The van der Waals surface area contributed by atoms with Crippen molar-refractivity contribution in [2.45, 2.75) is 26.3 Å². The van der Waals surface area contributed by atoms with Crippen molar-refractivity contribution in [3.8, 4) is 0 Å². The van der Waals surface area contributed by atoms with Crippen molar-refractivity contribution < 1.29 is 0 Å². The summed E-state index contributed by atoms with van der Waals surface area (Å²) in [6.07, 6.45) is 4.80. The van der Waals surface area contributed by atoms with Gasteiger partial charge in [-0.1, -0.05) is 31.2 Å². The standard InChI is InChI=1S/C22H26N4/c1-3-19-15-22(20-8-4-5-9-21(20)24-19)26-13-11-25(12-14-26)17(2)18-7-6-10-23-16-18/h4-10,15-17H,3,11-14H2,1-2H3. The van der Waals surface area contributed by atoms with Gasteiger partial charge in [0.05, 0.1) is 5.52 Å². The van der Waals surface area contributed by atoms with E-state index >= 15 is 0 Å². The second-order valence-corrected chi connectivity index (χ2v) is 6.99. The molecular weight excluding hydrogens is 320 g/mol. The van der Waals surface area contributed by atoms with Crippen LogP contribution in [0.3, 0.4) is 0 Å². The molecule has 0 bridgehead atoms. The summed E-state index contributed by atoms with van der Waals surface area (Å²) < 4.78 is 0. The van der Waals surface area contributed by atoms with Gasteiger partial charge >= 0.3 is 0 Å². The molecule has 3 heterocycles. The van der Waals surface area contributed by atoms with Gasteiger partial charge in [-0.2, -0.15) is 0 Å². The van der Waals surface area contributed by atoms with Gasteiger partial charge in [0.15, 0.2) is 0 Å². The second kappa shape index (κ2) is 7.42. The van der Waals surface area contributed by atoms with Gasteiger partial charge in [-0.05, 0) is 37.1 Å². The van der Waals surface area contributed by atoms with Gasteiger partial charge < -0.3 is 4.90 Å².